The molecule has 0 N–H and O–H groups in total. The molecule has 12 heavy (non-hydrogen) atoms. The fourth-order valence-corrected chi connectivity index (χ4v) is 0.859. The van der Waals surface area contributed by atoms with Crippen LogP contribution in [0.15, 0.2) is 30.3 Å². The Labute approximate surface area is 78.3 Å². The van der Waals surface area contributed by atoms with Crippen LogP contribution >= 0.6 is 11.6 Å². The van der Waals surface area contributed by atoms with E-state index in [9.17, 15) is 0 Å². The largest absolute Gasteiger partial charge is 0.489 e. The zero-order valence-corrected chi connectivity index (χ0v) is 8.08. The molecule has 66 valence electrons. The number of hydrogen-bond donors (Lipinski definition) is 0. The van der Waals surface area contributed by atoms with Crippen molar-refractivity contribution in [1.82, 2.24) is 0 Å². The van der Waals surface area contributed by atoms with Crippen LogP contribution in [0.3, 0.4) is 0 Å². The quantitative estimate of drug-likeness (QED) is 0.656. The predicted molar refractivity (Wildman–Crippen MR) is 51.8 cm³/mol. The highest BCUT2D eigenvalue weighted by atomic mass is 35.5. The van der Waals surface area contributed by atoms with E-state index >= 15 is 0 Å². The fraction of sp³-hybridized carbons (Fsp3) is 0.400. The van der Waals surface area contributed by atoms with E-state index in [2.05, 4.69) is 0 Å². The van der Waals surface area contributed by atoms with Crippen molar-refractivity contribution in [3.8, 4) is 5.75 Å². The molecule has 1 aromatic carbocycles. The number of benzene rings is 1. The van der Waals surface area contributed by atoms with Crippen LogP contribution in [0.1, 0.15) is 13.8 Å². The third-order valence-electron chi connectivity index (χ3n) is 1.71. The molecule has 1 unspecified atom stereocenters. The first kappa shape index (κ1) is 9.40. The maximum absolute atomic E-state index is 5.85. The normalized spacial score (nSPS) is 15.2. The molecule has 0 fully saturated rings. The predicted octanol–water partition coefficient (Wildman–Crippen LogP) is 3.08. The van der Waals surface area contributed by atoms with Gasteiger partial charge in [0.1, 0.15) is 11.9 Å². The summed E-state index contributed by atoms with van der Waals surface area (Å²) >= 11 is 5.85. The minimum atomic E-state index is 0.0326. The maximum Gasteiger partial charge on any atom is 0.119 e. The summed E-state index contributed by atoms with van der Waals surface area (Å²) in [7, 11) is 0. The Morgan fingerprint density at radius 3 is 2.25 bits per heavy atom. The molecule has 0 amide bonds. The standard InChI is InChI=1S/C10H13ClO/c1-8(11)9(2)12-10-6-4-3-5-7-10/h3-9H,1-2H3/t8?,9-/m0/s1. The Balaban J connectivity index is 2.53. The van der Waals surface area contributed by atoms with Crippen molar-refractivity contribution in [2.45, 2.75) is 25.3 Å². The van der Waals surface area contributed by atoms with E-state index in [4.69, 9.17) is 16.3 Å². The summed E-state index contributed by atoms with van der Waals surface area (Å²) in [6.07, 6.45) is 0.0501. The lowest BCUT2D eigenvalue weighted by atomic mass is 10.3. The smallest absolute Gasteiger partial charge is 0.119 e. The number of hydrogen-bond acceptors (Lipinski definition) is 1. The minimum Gasteiger partial charge on any atom is -0.489 e. The molecule has 0 saturated heterocycles. The summed E-state index contributed by atoms with van der Waals surface area (Å²) in [4.78, 5) is 0. The minimum absolute atomic E-state index is 0.0326. The molecular weight excluding hydrogens is 172 g/mol. The Morgan fingerprint density at radius 1 is 1.17 bits per heavy atom. The first-order chi connectivity index (χ1) is 5.70. The highest BCUT2D eigenvalue weighted by Gasteiger charge is 2.09. The summed E-state index contributed by atoms with van der Waals surface area (Å²) in [6, 6.07) is 9.70. The Morgan fingerprint density at radius 2 is 1.75 bits per heavy atom. The van der Waals surface area contributed by atoms with Crippen LogP contribution < -0.4 is 4.74 Å². The van der Waals surface area contributed by atoms with Crippen molar-refractivity contribution in [2.24, 2.45) is 0 Å². The van der Waals surface area contributed by atoms with Gasteiger partial charge in [0.2, 0.25) is 0 Å². The van der Waals surface area contributed by atoms with E-state index in [0.717, 1.165) is 5.75 Å². The van der Waals surface area contributed by atoms with E-state index in [0.29, 0.717) is 0 Å². The number of alkyl halides is 1. The van der Waals surface area contributed by atoms with Crippen LogP contribution in [0.4, 0.5) is 0 Å². The second-order valence-electron chi connectivity index (χ2n) is 2.81. The summed E-state index contributed by atoms with van der Waals surface area (Å²) in [5.74, 6) is 0.873. The summed E-state index contributed by atoms with van der Waals surface area (Å²) in [6.45, 7) is 3.89. The molecule has 1 nitrogen and oxygen atoms in total. The van der Waals surface area contributed by atoms with Crippen LogP contribution in [0.2, 0.25) is 0 Å². The molecule has 2 atom stereocenters. The number of para-hydroxylation sites is 1. The van der Waals surface area contributed by atoms with Gasteiger partial charge in [-0.15, -0.1) is 11.6 Å². The summed E-state index contributed by atoms with van der Waals surface area (Å²) < 4.78 is 5.54. The zero-order valence-electron chi connectivity index (χ0n) is 7.33. The molecule has 0 aliphatic rings. The second kappa shape index (κ2) is 4.36. The lowest BCUT2D eigenvalue weighted by molar-refractivity contribution is 0.221. The molecule has 0 spiro atoms. The van der Waals surface area contributed by atoms with Gasteiger partial charge in [0.25, 0.3) is 0 Å². The van der Waals surface area contributed by atoms with Gasteiger partial charge in [0.05, 0.1) is 5.38 Å². The van der Waals surface area contributed by atoms with Gasteiger partial charge in [0, 0.05) is 0 Å². The first-order valence-electron chi connectivity index (χ1n) is 4.06. The van der Waals surface area contributed by atoms with E-state index in [1.165, 1.54) is 0 Å². The first-order valence-corrected chi connectivity index (χ1v) is 4.49. The average molecular weight is 185 g/mol. The van der Waals surface area contributed by atoms with Gasteiger partial charge in [-0.25, -0.2) is 0 Å². The maximum atomic E-state index is 5.85. The van der Waals surface area contributed by atoms with Crippen molar-refractivity contribution in [2.75, 3.05) is 0 Å². The van der Waals surface area contributed by atoms with Crippen molar-refractivity contribution in [3.63, 3.8) is 0 Å². The van der Waals surface area contributed by atoms with Gasteiger partial charge in [-0.1, -0.05) is 18.2 Å². The van der Waals surface area contributed by atoms with Crippen LogP contribution in [-0.4, -0.2) is 11.5 Å². The monoisotopic (exact) mass is 184 g/mol. The molecular formula is C10H13ClO. The van der Waals surface area contributed by atoms with Gasteiger partial charge in [-0.05, 0) is 26.0 Å². The SMILES string of the molecule is CC(Cl)[C@H](C)Oc1ccccc1. The number of rotatable bonds is 3. The Kier molecular flexibility index (Phi) is 3.42. The third-order valence-corrected chi connectivity index (χ3v) is 2.07. The number of ether oxygens (including phenoxy) is 1. The van der Waals surface area contributed by atoms with Crippen LogP contribution in [-0.2, 0) is 0 Å². The van der Waals surface area contributed by atoms with E-state index in [1.54, 1.807) is 0 Å². The molecule has 2 heteroatoms. The van der Waals surface area contributed by atoms with Crippen LogP contribution in [0.5, 0.6) is 5.75 Å². The highest BCUT2D eigenvalue weighted by Crippen LogP contribution is 2.14. The van der Waals surface area contributed by atoms with E-state index < -0.39 is 0 Å². The molecule has 0 heterocycles. The van der Waals surface area contributed by atoms with Gasteiger partial charge in [-0.3, -0.25) is 0 Å². The summed E-state index contributed by atoms with van der Waals surface area (Å²) in [5.41, 5.74) is 0. The van der Waals surface area contributed by atoms with Crippen LogP contribution in [0.25, 0.3) is 0 Å². The molecule has 1 aromatic rings. The molecule has 0 bridgehead atoms. The number of halogens is 1. The van der Waals surface area contributed by atoms with Crippen molar-refractivity contribution >= 4 is 11.6 Å². The lowest BCUT2D eigenvalue weighted by Gasteiger charge is -2.16. The summed E-state index contributed by atoms with van der Waals surface area (Å²) in [5, 5.41) is 0.0326. The van der Waals surface area contributed by atoms with E-state index in [1.807, 2.05) is 44.2 Å². The van der Waals surface area contributed by atoms with Gasteiger partial charge in [-0.2, -0.15) is 0 Å². The van der Waals surface area contributed by atoms with E-state index in [-0.39, 0.29) is 11.5 Å². The molecule has 0 aliphatic carbocycles. The van der Waals surface area contributed by atoms with Crippen molar-refractivity contribution in [1.29, 1.82) is 0 Å². The molecule has 0 aliphatic heterocycles. The van der Waals surface area contributed by atoms with Crippen LogP contribution in [0, 0.1) is 0 Å². The molecule has 0 radical (unpaired) electrons. The van der Waals surface area contributed by atoms with Gasteiger partial charge in [0.15, 0.2) is 0 Å². The highest BCUT2D eigenvalue weighted by molar-refractivity contribution is 6.20. The third kappa shape index (κ3) is 2.74. The molecule has 0 aromatic heterocycles. The average Bonchev–Trinajstić information content (AvgIpc) is 2.06. The Hall–Kier alpha value is -0.690. The molecule has 0 saturated carbocycles. The Bertz CT molecular complexity index is 221. The lowest BCUT2D eigenvalue weighted by Crippen LogP contribution is -2.21. The van der Waals surface area contributed by atoms with Gasteiger partial charge >= 0.3 is 0 Å². The van der Waals surface area contributed by atoms with Gasteiger partial charge < -0.3 is 4.74 Å². The van der Waals surface area contributed by atoms with Crippen molar-refractivity contribution in [3.05, 3.63) is 30.3 Å². The molecule has 1 rings (SSSR count). The second-order valence-corrected chi connectivity index (χ2v) is 3.50. The topological polar surface area (TPSA) is 9.23 Å². The zero-order chi connectivity index (χ0) is 8.97. The van der Waals surface area contributed by atoms with Crippen molar-refractivity contribution < 1.29 is 4.74 Å². The fourth-order valence-electron chi connectivity index (χ4n) is 0.807.